The molecule has 5 heteroatoms. The Hall–Kier alpha value is -2.30. The summed E-state index contributed by atoms with van der Waals surface area (Å²) < 4.78 is 7.28. The highest BCUT2D eigenvalue weighted by Crippen LogP contribution is 2.22. The van der Waals surface area contributed by atoms with Gasteiger partial charge in [0.05, 0.1) is 13.7 Å². The SMILES string of the molecule is CCCOc1ccccc1/C=C1/C(=O)NC(N)=[N+]1C. The molecule has 1 aromatic rings. The van der Waals surface area contributed by atoms with E-state index in [4.69, 9.17) is 10.5 Å². The third kappa shape index (κ3) is 2.76. The zero-order valence-corrected chi connectivity index (χ0v) is 11.1. The molecule has 0 aliphatic carbocycles. The van der Waals surface area contributed by atoms with Crippen LogP contribution in [0.25, 0.3) is 6.08 Å². The molecular formula is C14H18N3O2+. The second-order valence-corrected chi connectivity index (χ2v) is 4.31. The fourth-order valence-corrected chi connectivity index (χ4v) is 1.80. The van der Waals surface area contributed by atoms with Crippen molar-refractivity contribution in [2.45, 2.75) is 13.3 Å². The molecule has 2 rings (SSSR count). The molecule has 19 heavy (non-hydrogen) atoms. The van der Waals surface area contributed by atoms with E-state index >= 15 is 0 Å². The Morgan fingerprint density at radius 3 is 2.79 bits per heavy atom. The van der Waals surface area contributed by atoms with Gasteiger partial charge < -0.3 is 4.74 Å². The molecular weight excluding hydrogens is 242 g/mol. The number of para-hydroxylation sites is 1. The second kappa shape index (κ2) is 5.56. The maximum absolute atomic E-state index is 11.8. The number of hydrogen-bond acceptors (Lipinski definition) is 3. The van der Waals surface area contributed by atoms with Crippen LogP contribution in [0.15, 0.2) is 30.0 Å². The molecule has 1 amide bonds. The Morgan fingerprint density at radius 1 is 1.42 bits per heavy atom. The second-order valence-electron chi connectivity index (χ2n) is 4.31. The third-order valence-electron chi connectivity index (χ3n) is 2.87. The highest BCUT2D eigenvalue weighted by molar-refractivity contribution is 6.08. The summed E-state index contributed by atoms with van der Waals surface area (Å²) in [4.78, 5) is 11.8. The average molecular weight is 260 g/mol. The molecule has 100 valence electrons. The number of nitrogens with two attached hydrogens (primary N) is 1. The number of nitrogens with zero attached hydrogens (tertiary/aromatic N) is 1. The Labute approximate surface area is 112 Å². The molecule has 0 atom stereocenters. The van der Waals surface area contributed by atoms with E-state index in [1.165, 1.54) is 0 Å². The molecule has 1 aliphatic heterocycles. The smallest absolute Gasteiger partial charge is 0.356 e. The number of rotatable bonds is 4. The van der Waals surface area contributed by atoms with E-state index in [0.717, 1.165) is 17.7 Å². The Morgan fingerprint density at radius 2 is 2.16 bits per heavy atom. The Bertz CT molecular complexity index is 562. The van der Waals surface area contributed by atoms with E-state index in [9.17, 15) is 4.79 Å². The number of ether oxygens (including phenoxy) is 1. The number of hydrogen-bond donors (Lipinski definition) is 2. The molecule has 1 aromatic carbocycles. The van der Waals surface area contributed by atoms with Crippen LogP contribution in [-0.4, -0.2) is 30.1 Å². The van der Waals surface area contributed by atoms with Crippen molar-refractivity contribution < 1.29 is 14.1 Å². The molecule has 0 saturated heterocycles. The van der Waals surface area contributed by atoms with Gasteiger partial charge in [-0.3, -0.25) is 5.73 Å². The molecule has 3 N–H and O–H groups in total. The first-order valence-electron chi connectivity index (χ1n) is 6.24. The Balaban J connectivity index is 2.35. The molecule has 0 aromatic heterocycles. The number of likely N-dealkylation sites (N-methyl/N-ethyl adjacent to an activating group) is 1. The van der Waals surface area contributed by atoms with Gasteiger partial charge in [-0.1, -0.05) is 25.1 Å². The van der Waals surface area contributed by atoms with Crippen molar-refractivity contribution in [2.24, 2.45) is 5.73 Å². The van der Waals surface area contributed by atoms with Crippen molar-refractivity contribution in [1.82, 2.24) is 5.32 Å². The number of nitrogens with one attached hydrogen (secondary N) is 1. The zero-order chi connectivity index (χ0) is 13.8. The predicted molar refractivity (Wildman–Crippen MR) is 73.7 cm³/mol. The highest BCUT2D eigenvalue weighted by atomic mass is 16.5. The summed E-state index contributed by atoms with van der Waals surface area (Å²) in [6, 6.07) is 7.62. The van der Waals surface area contributed by atoms with Gasteiger partial charge in [0.25, 0.3) is 0 Å². The standard InChI is InChI=1S/C14H17N3O2/c1-3-8-19-12-7-5-4-6-10(12)9-11-13(18)16-14(15)17(11)2/h4-7,9H,3,8H2,1-2H3,(H2,15,16,18)/p+1/b11-9-. The molecule has 0 bridgehead atoms. The van der Waals surface area contributed by atoms with Gasteiger partial charge in [0, 0.05) is 5.56 Å². The van der Waals surface area contributed by atoms with Crippen molar-refractivity contribution in [3.8, 4) is 5.75 Å². The predicted octanol–water partition coefficient (Wildman–Crippen LogP) is 0.903. The Kier molecular flexibility index (Phi) is 3.85. The van der Waals surface area contributed by atoms with Crippen LogP contribution in [0.5, 0.6) is 5.75 Å². The fourth-order valence-electron chi connectivity index (χ4n) is 1.80. The summed E-state index contributed by atoms with van der Waals surface area (Å²) in [7, 11) is 1.74. The van der Waals surface area contributed by atoms with E-state index < -0.39 is 0 Å². The van der Waals surface area contributed by atoms with Crippen LogP contribution in [0.2, 0.25) is 0 Å². The van der Waals surface area contributed by atoms with Crippen LogP contribution in [0, 0.1) is 0 Å². The fraction of sp³-hybridized carbons (Fsp3) is 0.286. The summed E-state index contributed by atoms with van der Waals surface area (Å²) in [6.45, 7) is 2.70. The van der Waals surface area contributed by atoms with Gasteiger partial charge in [-0.05, 0) is 18.6 Å². The van der Waals surface area contributed by atoms with E-state index in [0.29, 0.717) is 18.3 Å². The highest BCUT2D eigenvalue weighted by Gasteiger charge is 2.29. The quantitative estimate of drug-likeness (QED) is 0.624. The van der Waals surface area contributed by atoms with Gasteiger partial charge in [-0.2, -0.15) is 0 Å². The third-order valence-corrected chi connectivity index (χ3v) is 2.87. The zero-order valence-electron chi connectivity index (χ0n) is 11.1. The van der Waals surface area contributed by atoms with Gasteiger partial charge in [-0.25, -0.2) is 14.7 Å². The van der Waals surface area contributed by atoms with Gasteiger partial charge >= 0.3 is 11.9 Å². The summed E-state index contributed by atoms with van der Waals surface area (Å²) >= 11 is 0. The number of carbonyl (C=O) groups excluding carboxylic acids is 1. The van der Waals surface area contributed by atoms with Crippen LogP contribution in [0.1, 0.15) is 18.9 Å². The summed E-state index contributed by atoms with van der Waals surface area (Å²) in [5, 5.41) is 2.57. The number of benzene rings is 1. The van der Waals surface area contributed by atoms with Crippen LogP contribution < -0.4 is 15.8 Å². The van der Waals surface area contributed by atoms with Crippen LogP contribution in [0.3, 0.4) is 0 Å². The first-order valence-corrected chi connectivity index (χ1v) is 6.24. The van der Waals surface area contributed by atoms with Gasteiger partial charge in [0.15, 0.2) is 5.70 Å². The molecule has 0 radical (unpaired) electrons. The number of amides is 1. The molecule has 0 spiro atoms. The van der Waals surface area contributed by atoms with E-state index in [-0.39, 0.29) is 5.91 Å². The van der Waals surface area contributed by atoms with Gasteiger partial charge in [0.1, 0.15) is 5.75 Å². The van der Waals surface area contributed by atoms with Crippen molar-refractivity contribution in [1.29, 1.82) is 0 Å². The molecule has 0 unspecified atom stereocenters. The minimum atomic E-state index is -0.203. The normalized spacial score (nSPS) is 16.9. The summed E-state index contributed by atoms with van der Waals surface area (Å²) in [5.41, 5.74) is 7.04. The lowest BCUT2D eigenvalue weighted by atomic mass is 10.1. The van der Waals surface area contributed by atoms with Crippen molar-refractivity contribution in [2.75, 3.05) is 13.7 Å². The van der Waals surface area contributed by atoms with E-state index in [1.807, 2.05) is 24.3 Å². The van der Waals surface area contributed by atoms with Crippen molar-refractivity contribution in [3.63, 3.8) is 0 Å². The minimum absolute atomic E-state index is 0.203. The van der Waals surface area contributed by atoms with Crippen LogP contribution >= 0.6 is 0 Å². The van der Waals surface area contributed by atoms with Gasteiger partial charge in [0.2, 0.25) is 0 Å². The lowest BCUT2D eigenvalue weighted by molar-refractivity contribution is -0.432. The minimum Gasteiger partial charge on any atom is -0.493 e. The van der Waals surface area contributed by atoms with Gasteiger partial charge in [-0.15, -0.1) is 0 Å². The largest absolute Gasteiger partial charge is 0.493 e. The summed E-state index contributed by atoms with van der Waals surface area (Å²) in [5.74, 6) is 0.900. The van der Waals surface area contributed by atoms with Crippen LogP contribution in [-0.2, 0) is 4.79 Å². The molecule has 1 aliphatic rings. The van der Waals surface area contributed by atoms with Crippen LogP contribution in [0.4, 0.5) is 0 Å². The number of guanidine groups is 1. The van der Waals surface area contributed by atoms with E-state index in [1.54, 1.807) is 17.7 Å². The van der Waals surface area contributed by atoms with Crippen molar-refractivity contribution >= 4 is 17.9 Å². The lowest BCUT2D eigenvalue weighted by Gasteiger charge is -2.08. The maximum atomic E-state index is 11.8. The first kappa shape index (κ1) is 13.1. The molecule has 5 nitrogen and oxygen atoms in total. The monoisotopic (exact) mass is 260 g/mol. The van der Waals surface area contributed by atoms with Crippen molar-refractivity contribution in [3.05, 3.63) is 35.5 Å². The molecule has 0 fully saturated rings. The lowest BCUT2D eigenvalue weighted by Crippen LogP contribution is -2.32. The molecule has 0 saturated carbocycles. The summed E-state index contributed by atoms with van der Waals surface area (Å²) in [6.07, 6.45) is 2.71. The molecule has 1 heterocycles. The van der Waals surface area contributed by atoms with E-state index in [2.05, 4.69) is 12.2 Å². The average Bonchev–Trinajstić information content (AvgIpc) is 2.64. The number of carbonyl (C=O) groups is 1. The first-order chi connectivity index (χ1) is 9.13. The topological polar surface area (TPSA) is 67.4 Å². The maximum Gasteiger partial charge on any atom is 0.356 e.